The van der Waals surface area contributed by atoms with E-state index in [1.54, 1.807) is 12.3 Å². The predicted molar refractivity (Wildman–Crippen MR) is 72.8 cm³/mol. The lowest BCUT2D eigenvalue weighted by Crippen LogP contribution is -2.19. The van der Waals surface area contributed by atoms with Crippen LogP contribution in [0, 0.1) is 11.3 Å². The van der Waals surface area contributed by atoms with E-state index in [1.807, 2.05) is 6.92 Å². The Morgan fingerprint density at radius 2 is 2.10 bits per heavy atom. The molecular formula is C13H15F3N2OS. The molecule has 2 unspecified atom stereocenters. The Bertz CT molecular complexity index is 537. The Morgan fingerprint density at radius 1 is 1.45 bits per heavy atom. The molecule has 0 heterocycles. The van der Waals surface area contributed by atoms with Gasteiger partial charge in [0.1, 0.15) is 6.07 Å². The molecule has 1 N–H and O–H groups in total. The molecule has 0 amide bonds. The molecule has 0 aromatic heterocycles. The van der Waals surface area contributed by atoms with Crippen LogP contribution in [-0.2, 0) is 17.0 Å². The van der Waals surface area contributed by atoms with Crippen LogP contribution in [0.15, 0.2) is 18.2 Å². The molecule has 0 bridgehead atoms. The van der Waals surface area contributed by atoms with Crippen molar-refractivity contribution in [3.05, 3.63) is 29.3 Å². The lowest BCUT2D eigenvalue weighted by Gasteiger charge is -2.16. The van der Waals surface area contributed by atoms with Crippen molar-refractivity contribution < 1.29 is 17.4 Å². The number of rotatable bonds is 5. The van der Waals surface area contributed by atoms with Gasteiger partial charge in [-0.05, 0) is 31.5 Å². The highest BCUT2D eigenvalue weighted by molar-refractivity contribution is 7.84. The highest BCUT2D eigenvalue weighted by Gasteiger charge is 2.31. The largest absolute Gasteiger partial charge is 0.416 e. The first-order valence-corrected chi connectivity index (χ1v) is 7.64. The number of nitrogens with zero attached hydrogens (tertiary/aromatic N) is 1. The van der Waals surface area contributed by atoms with E-state index in [4.69, 9.17) is 5.26 Å². The van der Waals surface area contributed by atoms with Gasteiger partial charge in [-0.15, -0.1) is 0 Å². The number of nitrogens with one attached hydrogen (secondary N) is 1. The van der Waals surface area contributed by atoms with Crippen LogP contribution in [-0.4, -0.2) is 22.3 Å². The van der Waals surface area contributed by atoms with E-state index < -0.39 is 22.5 Å². The van der Waals surface area contributed by atoms with Gasteiger partial charge in [0.05, 0.1) is 16.8 Å². The van der Waals surface area contributed by atoms with Crippen molar-refractivity contribution in [1.82, 2.24) is 0 Å². The second-order valence-corrected chi connectivity index (χ2v) is 6.04. The molecule has 2 atom stereocenters. The van der Waals surface area contributed by atoms with Crippen LogP contribution in [0.1, 0.15) is 24.5 Å². The minimum atomic E-state index is -4.46. The van der Waals surface area contributed by atoms with Crippen molar-refractivity contribution in [3.8, 4) is 6.07 Å². The summed E-state index contributed by atoms with van der Waals surface area (Å²) in [5.41, 5.74) is -0.541. The number of alkyl halides is 3. The van der Waals surface area contributed by atoms with Gasteiger partial charge >= 0.3 is 6.18 Å². The second-order valence-electron chi connectivity index (χ2n) is 4.48. The fourth-order valence-corrected chi connectivity index (χ4v) is 2.30. The molecule has 7 heteroatoms. The van der Waals surface area contributed by atoms with Gasteiger partial charge in [0, 0.05) is 28.9 Å². The van der Waals surface area contributed by atoms with Crippen LogP contribution in [0.5, 0.6) is 0 Å². The Hall–Kier alpha value is -1.55. The third-order valence-corrected chi connectivity index (χ3v) is 3.52. The fourth-order valence-electron chi connectivity index (χ4n) is 1.62. The molecule has 1 rings (SSSR count). The summed E-state index contributed by atoms with van der Waals surface area (Å²) in [6.45, 7) is 1.83. The Kier molecular flexibility index (Phi) is 5.57. The minimum absolute atomic E-state index is 0.0516. The molecule has 0 saturated heterocycles. The highest BCUT2D eigenvalue weighted by Crippen LogP contribution is 2.31. The summed E-state index contributed by atoms with van der Waals surface area (Å²) in [6, 6.07) is 4.69. The van der Waals surface area contributed by atoms with Crippen LogP contribution >= 0.6 is 0 Å². The molecule has 0 aliphatic carbocycles. The van der Waals surface area contributed by atoms with Crippen molar-refractivity contribution in [3.63, 3.8) is 0 Å². The first-order valence-electron chi connectivity index (χ1n) is 5.92. The lowest BCUT2D eigenvalue weighted by molar-refractivity contribution is -0.137. The third-order valence-electron chi connectivity index (χ3n) is 2.71. The summed E-state index contributed by atoms with van der Waals surface area (Å²) in [7, 11) is -0.920. The van der Waals surface area contributed by atoms with Crippen LogP contribution in [0.4, 0.5) is 18.9 Å². The topological polar surface area (TPSA) is 52.9 Å². The molecule has 3 nitrogen and oxygen atoms in total. The second kappa shape index (κ2) is 6.75. The van der Waals surface area contributed by atoms with Crippen LogP contribution in [0.2, 0.25) is 0 Å². The summed E-state index contributed by atoms with van der Waals surface area (Å²) in [6.07, 6.45) is -2.27. The maximum Gasteiger partial charge on any atom is 0.416 e. The standard InChI is InChI=1S/C13H15F3N2OS/c1-9(5-6-20(2)19)18-12-4-3-11(13(14,15)16)7-10(12)8-17/h3-4,7,9,18H,5-6H2,1-2H3. The SMILES string of the molecule is CC(CCS(C)=O)Nc1ccc(C(F)(F)F)cc1C#N. The van der Waals surface area contributed by atoms with Crippen molar-refractivity contribution in [1.29, 1.82) is 5.26 Å². The number of benzene rings is 1. The highest BCUT2D eigenvalue weighted by atomic mass is 32.2. The van der Waals surface area contributed by atoms with E-state index in [0.29, 0.717) is 17.9 Å². The molecule has 0 aliphatic heterocycles. The molecule has 0 saturated carbocycles. The van der Waals surface area contributed by atoms with E-state index in [-0.39, 0.29) is 11.6 Å². The Balaban J connectivity index is 2.86. The van der Waals surface area contributed by atoms with Gasteiger partial charge in [-0.1, -0.05) is 0 Å². The van der Waals surface area contributed by atoms with Crippen LogP contribution in [0.3, 0.4) is 0 Å². The van der Waals surface area contributed by atoms with Gasteiger partial charge in [0.2, 0.25) is 0 Å². The van der Waals surface area contributed by atoms with Crippen LogP contribution in [0.25, 0.3) is 0 Å². The van der Waals surface area contributed by atoms with Crippen molar-refractivity contribution >= 4 is 16.5 Å². The van der Waals surface area contributed by atoms with Gasteiger partial charge in [-0.3, -0.25) is 4.21 Å². The summed E-state index contributed by atoms with van der Waals surface area (Å²) in [4.78, 5) is 0. The zero-order valence-corrected chi connectivity index (χ0v) is 11.9. The Labute approximate surface area is 118 Å². The van der Waals surface area contributed by atoms with Crippen molar-refractivity contribution in [2.45, 2.75) is 25.6 Å². The monoisotopic (exact) mass is 304 g/mol. The zero-order chi connectivity index (χ0) is 15.3. The zero-order valence-electron chi connectivity index (χ0n) is 11.1. The van der Waals surface area contributed by atoms with E-state index in [1.165, 1.54) is 6.07 Å². The Morgan fingerprint density at radius 3 is 2.60 bits per heavy atom. The quantitative estimate of drug-likeness (QED) is 0.909. The molecule has 0 radical (unpaired) electrons. The predicted octanol–water partition coefficient (Wildman–Crippen LogP) is 3.15. The molecule has 1 aromatic rings. The summed E-state index contributed by atoms with van der Waals surface area (Å²) in [5.74, 6) is 0.497. The molecule has 1 aromatic carbocycles. The average molecular weight is 304 g/mol. The minimum Gasteiger partial charge on any atom is -0.381 e. The lowest BCUT2D eigenvalue weighted by atomic mass is 10.1. The maximum absolute atomic E-state index is 12.5. The number of anilines is 1. The van der Waals surface area contributed by atoms with E-state index in [0.717, 1.165) is 12.1 Å². The average Bonchev–Trinajstić information content (AvgIpc) is 2.35. The van der Waals surface area contributed by atoms with Crippen molar-refractivity contribution in [2.24, 2.45) is 0 Å². The number of hydrogen-bond donors (Lipinski definition) is 1. The summed E-state index contributed by atoms with van der Waals surface area (Å²) < 4.78 is 48.6. The molecule has 110 valence electrons. The van der Waals surface area contributed by atoms with E-state index in [9.17, 15) is 17.4 Å². The molecule has 0 fully saturated rings. The smallest absolute Gasteiger partial charge is 0.381 e. The van der Waals surface area contributed by atoms with Gasteiger partial charge in [-0.25, -0.2) is 0 Å². The first-order chi connectivity index (χ1) is 9.24. The van der Waals surface area contributed by atoms with Gasteiger partial charge in [0.25, 0.3) is 0 Å². The molecular weight excluding hydrogens is 289 g/mol. The summed E-state index contributed by atoms with van der Waals surface area (Å²) in [5, 5.41) is 11.9. The van der Waals surface area contributed by atoms with Gasteiger partial charge < -0.3 is 5.32 Å². The van der Waals surface area contributed by atoms with Crippen molar-refractivity contribution in [2.75, 3.05) is 17.3 Å². The van der Waals surface area contributed by atoms with Crippen LogP contribution < -0.4 is 5.32 Å². The van der Waals surface area contributed by atoms with Gasteiger partial charge in [0.15, 0.2) is 0 Å². The molecule has 0 spiro atoms. The van der Waals surface area contributed by atoms with Gasteiger partial charge in [-0.2, -0.15) is 18.4 Å². The fraction of sp³-hybridized carbons (Fsp3) is 0.462. The first kappa shape index (κ1) is 16.5. The molecule has 0 aliphatic rings. The number of nitriles is 1. The number of hydrogen-bond acceptors (Lipinski definition) is 3. The normalized spacial score (nSPS) is 14.4. The maximum atomic E-state index is 12.5. The van der Waals surface area contributed by atoms with E-state index in [2.05, 4.69) is 5.32 Å². The summed E-state index contributed by atoms with van der Waals surface area (Å²) >= 11 is 0. The number of halogens is 3. The third kappa shape index (κ3) is 4.85. The molecule has 20 heavy (non-hydrogen) atoms. The van der Waals surface area contributed by atoms with E-state index >= 15 is 0 Å².